The number of nitrogens with zero attached hydrogens (tertiary/aromatic N) is 3. The van der Waals surface area contributed by atoms with Gasteiger partial charge in [0.05, 0.1) is 4.90 Å². The molecule has 0 spiro atoms. The normalized spacial score (nSPS) is 21.1. The van der Waals surface area contributed by atoms with E-state index >= 15 is 0 Å². The fourth-order valence-corrected chi connectivity index (χ4v) is 5.88. The number of carbonyl (C=O) groups is 1. The number of halogens is 1. The Kier molecular flexibility index (Phi) is 6.17. The fraction of sp³-hybridized carbons (Fsp3) is 0.409. The summed E-state index contributed by atoms with van der Waals surface area (Å²) in [4.78, 5) is 17.2. The number of sulfonamides is 1. The zero-order valence-corrected chi connectivity index (χ0v) is 17.6. The van der Waals surface area contributed by atoms with Crippen LogP contribution in [0.5, 0.6) is 0 Å². The van der Waals surface area contributed by atoms with Gasteiger partial charge < -0.3 is 4.90 Å². The summed E-state index contributed by atoms with van der Waals surface area (Å²) < 4.78 is 41.3. The Morgan fingerprint density at radius 3 is 2.30 bits per heavy atom. The molecule has 2 aliphatic rings. The molecule has 4 rings (SSSR count). The molecule has 6 nitrogen and oxygen atoms in total. The second kappa shape index (κ2) is 8.83. The second-order valence-corrected chi connectivity index (χ2v) is 9.67. The number of carbonyl (C=O) groups excluding carboxylic acids is 1. The standard InChI is InChI=1S/C22H26FN3O3S/c23-20-10-5-4-7-18(20)17-24-13-15-25(16-14-24)22(27)21-11-6-12-26(21)30(28,29)19-8-2-1-3-9-19/h1-5,7-10,21H,6,11-17H2. The smallest absolute Gasteiger partial charge is 0.243 e. The van der Waals surface area contributed by atoms with Gasteiger partial charge in [-0.25, -0.2) is 12.8 Å². The third kappa shape index (κ3) is 4.26. The predicted octanol–water partition coefficient (Wildman–Crippen LogP) is 2.32. The van der Waals surface area contributed by atoms with Gasteiger partial charge in [-0.15, -0.1) is 0 Å². The summed E-state index contributed by atoms with van der Waals surface area (Å²) in [5.74, 6) is -0.346. The molecule has 2 fully saturated rings. The Balaban J connectivity index is 1.39. The van der Waals surface area contributed by atoms with Gasteiger partial charge in [-0.05, 0) is 31.0 Å². The zero-order valence-electron chi connectivity index (χ0n) is 16.8. The molecular weight excluding hydrogens is 405 g/mol. The van der Waals surface area contributed by atoms with E-state index in [2.05, 4.69) is 4.90 Å². The van der Waals surface area contributed by atoms with E-state index in [0.29, 0.717) is 57.7 Å². The molecule has 8 heteroatoms. The van der Waals surface area contributed by atoms with Crippen LogP contribution in [-0.4, -0.2) is 67.2 Å². The first-order chi connectivity index (χ1) is 14.5. The van der Waals surface area contributed by atoms with E-state index in [1.807, 2.05) is 6.07 Å². The van der Waals surface area contributed by atoms with Crippen LogP contribution < -0.4 is 0 Å². The van der Waals surface area contributed by atoms with E-state index in [4.69, 9.17) is 0 Å². The van der Waals surface area contributed by atoms with Crippen LogP contribution in [-0.2, 0) is 21.4 Å². The first-order valence-corrected chi connectivity index (χ1v) is 11.7. The van der Waals surface area contributed by atoms with Crippen molar-refractivity contribution < 1.29 is 17.6 Å². The van der Waals surface area contributed by atoms with Crippen LogP contribution >= 0.6 is 0 Å². The van der Waals surface area contributed by atoms with Crippen LogP contribution in [0.4, 0.5) is 4.39 Å². The highest BCUT2D eigenvalue weighted by atomic mass is 32.2. The topological polar surface area (TPSA) is 60.9 Å². The summed E-state index contributed by atoms with van der Waals surface area (Å²) >= 11 is 0. The summed E-state index contributed by atoms with van der Waals surface area (Å²) in [6.45, 7) is 3.18. The molecule has 0 aromatic heterocycles. The lowest BCUT2D eigenvalue weighted by Crippen LogP contribution is -2.54. The van der Waals surface area contributed by atoms with Gasteiger partial charge in [-0.1, -0.05) is 36.4 Å². The van der Waals surface area contributed by atoms with Gasteiger partial charge in [-0.2, -0.15) is 4.31 Å². The third-order valence-electron chi connectivity index (χ3n) is 5.87. The molecule has 2 aromatic carbocycles. The summed E-state index contributed by atoms with van der Waals surface area (Å²) in [6.07, 6.45) is 1.22. The lowest BCUT2D eigenvalue weighted by Gasteiger charge is -2.37. The number of amides is 1. The van der Waals surface area contributed by atoms with Crippen LogP contribution in [0.1, 0.15) is 18.4 Å². The van der Waals surface area contributed by atoms with Gasteiger partial charge in [0, 0.05) is 44.8 Å². The minimum Gasteiger partial charge on any atom is -0.339 e. The summed E-state index contributed by atoms with van der Waals surface area (Å²) in [6, 6.07) is 14.4. The van der Waals surface area contributed by atoms with Crippen molar-refractivity contribution in [2.45, 2.75) is 30.3 Å². The van der Waals surface area contributed by atoms with Crippen molar-refractivity contribution >= 4 is 15.9 Å². The van der Waals surface area contributed by atoms with Crippen molar-refractivity contribution in [2.24, 2.45) is 0 Å². The number of hydrogen-bond donors (Lipinski definition) is 0. The number of rotatable bonds is 5. The highest BCUT2D eigenvalue weighted by Crippen LogP contribution is 2.27. The van der Waals surface area contributed by atoms with Gasteiger partial charge >= 0.3 is 0 Å². The molecule has 1 amide bonds. The molecule has 0 radical (unpaired) electrons. The monoisotopic (exact) mass is 431 g/mol. The predicted molar refractivity (Wildman–Crippen MR) is 112 cm³/mol. The van der Waals surface area contributed by atoms with Gasteiger partial charge in [0.1, 0.15) is 11.9 Å². The lowest BCUT2D eigenvalue weighted by molar-refractivity contribution is -0.136. The van der Waals surface area contributed by atoms with Crippen LogP contribution in [0.25, 0.3) is 0 Å². The fourth-order valence-electron chi connectivity index (χ4n) is 4.21. The maximum absolute atomic E-state index is 13.9. The minimum absolute atomic E-state index is 0.127. The highest BCUT2D eigenvalue weighted by molar-refractivity contribution is 7.89. The van der Waals surface area contributed by atoms with Gasteiger partial charge in [0.15, 0.2) is 0 Å². The van der Waals surface area contributed by atoms with E-state index in [1.165, 1.54) is 10.4 Å². The van der Waals surface area contributed by atoms with Crippen LogP contribution in [0.3, 0.4) is 0 Å². The van der Waals surface area contributed by atoms with E-state index in [1.54, 1.807) is 47.4 Å². The molecule has 30 heavy (non-hydrogen) atoms. The van der Waals surface area contributed by atoms with Crippen molar-refractivity contribution in [3.8, 4) is 0 Å². The van der Waals surface area contributed by atoms with E-state index in [9.17, 15) is 17.6 Å². The third-order valence-corrected chi connectivity index (χ3v) is 7.80. The first kappa shape index (κ1) is 21.0. The van der Waals surface area contributed by atoms with E-state index < -0.39 is 16.1 Å². The molecule has 0 aliphatic carbocycles. The summed E-state index contributed by atoms with van der Waals surface area (Å²) in [5.41, 5.74) is 0.646. The molecule has 160 valence electrons. The summed E-state index contributed by atoms with van der Waals surface area (Å²) in [5, 5.41) is 0. The Bertz CT molecular complexity index is 992. The molecule has 2 aromatic rings. The Morgan fingerprint density at radius 2 is 1.60 bits per heavy atom. The highest BCUT2D eigenvalue weighted by Gasteiger charge is 2.41. The van der Waals surface area contributed by atoms with Crippen molar-refractivity contribution in [2.75, 3.05) is 32.7 Å². The molecule has 2 heterocycles. The molecule has 1 unspecified atom stereocenters. The SMILES string of the molecule is O=C(C1CCCN1S(=O)(=O)c1ccccc1)N1CCN(Cc2ccccc2F)CC1. The largest absolute Gasteiger partial charge is 0.339 e. The molecular formula is C22H26FN3O3S. The van der Waals surface area contributed by atoms with Crippen molar-refractivity contribution in [1.29, 1.82) is 0 Å². The van der Waals surface area contributed by atoms with Crippen molar-refractivity contribution in [1.82, 2.24) is 14.1 Å². The molecule has 1 atom stereocenters. The average molecular weight is 432 g/mol. The molecule has 0 bridgehead atoms. The summed E-state index contributed by atoms with van der Waals surface area (Å²) in [7, 11) is -3.69. The van der Waals surface area contributed by atoms with Crippen molar-refractivity contribution in [3.05, 3.63) is 66.0 Å². The lowest BCUT2D eigenvalue weighted by atomic mass is 10.1. The van der Waals surface area contributed by atoms with Crippen LogP contribution in [0.2, 0.25) is 0 Å². The second-order valence-electron chi connectivity index (χ2n) is 7.78. The molecule has 2 aliphatic heterocycles. The Morgan fingerprint density at radius 1 is 0.933 bits per heavy atom. The first-order valence-electron chi connectivity index (χ1n) is 10.3. The minimum atomic E-state index is -3.69. The number of benzene rings is 2. The van der Waals surface area contributed by atoms with Gasteiger partial charge in [0.25, 0.3) is 0 Å². The zero-order chi connectivity index (χ0) is 21.1. The quantitative estimate of drug-likeness (QED) is 0.729. The molecule has 2 saturated heterocycles. The Labute approximate surface area is 176 Å². The van der Waals surface area contributed by atoms with Gasteiger partial charge in [0.2, 0.25) is 15.9 Å². The van der Waals surface area contributed by atoms with Crippen LogP contribution in [0, 0.1) is 5.82 Å². The number of hydrogen-bond acceptors (Lipinski definition) is 4. The molecule has 0 saturated carbocycles. The van der Waals surface area contributed by atoms with E-state index in [0.717, 1.165) is 0 Å². The number of piperazine rings is 1. The maximum Gasteiger partial charge on any atom is 0.243 e. The van der Waals surface area contributed by atoms with Gasteiger partial charge in [-0.3, -0.25) is 9.69 Å². The Hall–Kier alpha value is -2.29. The van der Waals surface area contributed by atoms with E-state index in [-0.39, 0.29) is 16.6 Å². The maximum atomic E-state index is 13.9. The van der Waals surface area contributed by atoms with Crippen LogP contribution in [0.15, 0.2) is 59.5 Å². The van der Waals surface area contributed by atoms with Crippen molar-refractivity contribution in [3.63, 3.8) is 0 Å². The average Bonchev–Trinajstić information content (AvgIpc) is 3.27. The molecule has 0 N–H and O–H groups in total.